The van der Waals surface area contributed by atoms with Crippen molar-refractivity contribution in [2.24, 2.45) is 0 Å². The monoisotopic (exact) mass is 232 g/mol. The predicted octanol–water partition coefficient (Wildman–Crippen LogP) is 1.98. The summed E-state index contributed by atoms with van der Waals surface area (Å²) in [7, 11) is 0. The molecular formula is C12H16N4O. The van der Waals surface area contributed by atoms with E-state index in [0.717, 1.165) is 12.2 Å². The van der Waals surface area contributed by atoms with Crippen molar-refractivity contribution in [2.45, 2.75) is 26.3 Å². The van der Waals surface area contributed by atoms with Gasteiger partial charge < -0.3 is 9.84 Å². The molecule has 2 heterocycles. The van der Waals surface area contributed by atoms with Gasteiger partial charge in [-0.25, -0.2) is 0 Å². The summed E-state index contributed by atoms with van der Waals surface area (Å²) in [5.41, 5.74) is 0.393. The summed E-state index contributed by atoms with van der Waals surface area (Å²) in [4.78, 5) is 8.55. The van der Waals surface area contributed by atoms with Crippen LogP contribution in [0, 0.1) is 0 Å². The minimum Gasteiger partial charge on any atom is -0.337 e. The van der Waals surface area contributed by atoms with Gasteiger partial charge in [-0.15, -0.1) is 0 Å². The van der Waals surface area contributed by atoms with E-state index in [2.05, 4.69) is 20.4 Å². The zero-order valence-electron chi connectivity index (χ0n) is 10.3. The van der Waals surface area contributed by atoms with Gasteiger partial charge in [0.05, 0.1) is 5.54 Å². The van der Waals surface area contributed by atoms with Gasteiger partial charge in [-0.1, -0.05) is 18.1 Å². The highest BCUT2D eigenvalue weighted by Crippen LogP contribution is 2.20. The molecule has 1 N–H and O–H groups in total. The minimum absolute atomic E-state index is 0.325. The third-order valence-electron chi connectivity index (χ3n) is 2.47. The molecule has 2 aromatic rings. The van der Waals surface area contributed by atoms with Crippen LogP contribution in [-0.2, 0) is 5.54 Å². The molecule has 0 aliphatic carbocycles. The Labute approximate surface area is 100 Å². The molecule has 0 spiro atoms. The maximum Gasteiger partial charge on any atom is 0.246 e. The van der Waals surface area contributed by atoms with Gasteiger partial charge in [0.25, 0.3) is 0 Å². The van der Waals surface area contributed by atoms with Crippen LogP contribution >= 0.6 is 0 Å². The average molecular weight is 232 g/mol. The van der Waals surface area contributed by atoms with Crippen molar-refractivity contribution in [3.8, 4) is 11.5 Å². The van der Waals surface area contributed by atoms with Crippen LogP contribution in [0.2, 0.25) is 0 Å². The second kappa shape index (κ2) is 4.63. The largest absolute Gasteiger partial charge is 0.337 e. The number of pyridine rings is 1. The van der Waals surface area contributed by atoms with Crippen molar-refractivity contribution < 1.29 is 4.52 Å². The topological polar surface area (TPSA) is 63.8 Å². The van der Waals surface area contributed by atoms with Crippen molar-refractivity contribution >= 4 is 0 Å². The van der Waals surface area contributed by atoms with E-state index in [1.54, 1.807) is 6.20 Å². The van der Waals surface area contributed by atoms with Crippen LogP contribution in [-0.4, -0.2) is 21.7 Å². The summed E-state index contributed by atoms with van der Waals surface area (Å²) < 4.78 is 5.27. The molecule has 2 rings (SSSR count). The molecule has 0 radical (unpaired) electrons. The normalized spacial score (nSPS) is 11.7. The Morgan fingerprint density at radius 3 is 2.82 bits per heavy atom. The smallest absolute Gasteiger partial charge is 0.246 e. The Balaban J connectivity index is 2.28. The molecule has 0 saturated heterocycles. The third-order valence-corrected chi connectivity index (χ3v) is 2.47. The first-order chi connectivity index (χ1) is 8.13. The first-order valence-electron chi connectivity index (χ1n) is 5.64. The predicted molar refractivity (Wildman–Crippen MR) is 64.2 cm³/mol. The van der Waals surface area contributed by atoms with Crippen molar-refractivity contribution in [2.75, 3.05) is 6.54 Å². The van der Waals surface area contributed by atoms with E-state index in [0.29, 0.717) is 11.7 Å². The van der Waals surface area contributed by atoms with Gasteiger partial charge in [0.2, 0.25) is 11.7 Å². The Hall–Kier alpha value is -1.75. The Bertz CT molecular complexity index is 478. The molecule has 5 heteroatoms. The second-order valence-electron chi connectivity index (χ2n) is 4.29. The summed E-state index contributed by atoms with van der Waals surface area (Å²) in [6.07, 6.45) is 1.71. The van der Waals surface area contributed by atoms with Crippen molar-refractivity contribution in [1.82, 2.24) is 20.4 Å². The fourth-order valence-electron chi connectivity index (χ4n) is 1.59. The molecular weight excluding hydrogens is 216 g/mol. The zero-order chi connectivity index (χ0) is 12.3. The molecule has 17 heavy (non-hydrogen) atoms. The summed E-state index contributed by atoms with van der Waals surface area (Å²) in [5.74, 6) is 1.09. The van der Waals surface area contributed by atoms with E-state index in [4.69, 9.17) is 4.52 Å². The molecule has 0 bridgehead atoms. The molecule has 0 aromatic carbocycles. The summed E-state index contributed by atoms with van der Waals surface area (Å²) >= 11 is 0. The number of aromatic nitrogens is 3. The molecule has 0 unspecified atom stereocenters. The molecule has 0 fully saturated rings. The van der Waals surface area contributed by atoms with Crippen LogP contribution in [0.3, 0.4) is 0 Å². The fourth-order valence-corrected chi connectivity index (χ4v) is 1.59. The van der Waals surface area contributed by atoms with Gasteiger partial charge in [-0.05, 0) is 32.5 Å². The summed E-state index contributed by atoms with van der Waals surface area (Å²) in [6, 6.07) is 5.61. The van der Waals surface area contributed by atoms with Gasteiger partial charge in [-0.2, -0.15) is 4.98 Å². The quantitative estimate of drug-likeness (QED) is 0.873. The SMILES string of the molecule is CCNC(C)(C)c1nc(-c2ccccn2)no1. The first-order valence-corrected chi connectivity index (χ1v) is 5.64. The lowest BCUT2D eigenvalue weighted by Crippen LogP contribution is -2.36. The van der Waals surface area contributed by atoms with E-state index >= 15 is 0 Å². The van der Waals surface area contributed by atoms with Gasteiger partial charge >= 0.3 is 0 Å². The molecule has 0 saturated carbocycles. The molecule has 0 amide bonds. The molecule has 0 aliphatic heterocycles. The van der Waals surface area contributed by atoms with E-state index < -0.39 is 0 Å². The van der Waals surface area contributed by atoms with Crippen molar-refractivity contribution in [3.63, 3.8) is 0 Å². The van der Waals surface area contributed by atoms with E-state index in [1.807, 2.05) is 39.0 Å². The second-order valence-corrected chi connectivity index (χ2v) is 4.29. The van der Waals surface area contributed by atoms with Crippen LogP contribution in [0.25, 0.3) is 11.5 Å². The van der Waals surface area contributed by atoms with Crippen LogP contribution in [0.5, 0.6) is 0 Å². The van der Waals surface area contributed by atoms with Crippen LogP contribution < -0.4 is 5.32 Å². The summed E-state index contributed by atoms with van der Waals surface area (Å²) in [5, 5.41) is 7.23. The zero-order valence-corrected chi connectivity index (χ0v) is 10.3. The number of hydrogen-bond acceptors (Lipinski definition) is 5. The molecule has 90 valence electrons. The number of nitrogens with zero attached hydrogens (tertiary/aromatic N) is 3. The maximum atomic E-state index is 5.27. The molecule has 0 atom stereocenters. The van der Waals surface area contributed by atoms with Crippen LogP contribution in [0.15, 0.2) is 28.9 Å². The molecule has 0 aliphatic rings. The van der Waals surface area contributed by atoms with E-state index in [9.17, 15) is 0 Å². The lowest BCUT2D eigenvalue weighted by molar-refractivity contribution is 0.272. The van der Waals surface area contributed by atoms with Crippen molar-refractivity contribution in [3.05, 3.63) is 30.3 Å². The highest BCUT2D eigenvalue weighted by Gasteiger charge is 2.26. The highest BCUT2D eigenvalue weighted by atomic mass is 16.5. The van der Waals surface area contributed by atoms with Gasteiger partial charge in [0.15, 0.2) is 0 Å². The number of rotatable bonds is 4. The van der Waals surface area contributed by atoms with Crippen LogP contribution in [0.1, 0.15) is 26.7 Å². The van der Waals surface area contributed by atoms with Gasteiger partial charge in [-0.3, -0.25) is 4.98 Å². The van der Waals surface area contributed by atoms with Gasteiger partial charge in [0, 0.05) is 6.20 Å². The standard InChI is InChI=1S/C12H16N4O/c1-4-14-12(2,3)11-15-10(16-17-11)9-7-5-6-8-13-9/h5-8,14H,4H2,1-3H3. The Morgan fingerprint density at radius 2 is 2.18 bits per heavy atom. The Kier molecular flexibility index (Phi) is 3.19. The van der Waals surface area contributed by atoms with E-state index in [-0.39, 0.29) is 5.54 Å². The first kappa shape index (κ1) is 11.7. The number of hydrogen-bond donors (Lipinski definition) is 1. The van der Waals surface area contributed by atoms with Crippen LogP contribution in [0.4, 0.5) is 0 Å². The number of nitrogens with one attached hydrogen (secondary N) is 1. The Morgan fingerprint density at radius 1 is 1.35 bits per heavy atom. The fraction of sp³-hybridized carbons (Fsp3) is 0.417. The average Bonchev–Trinajstić information content (AvgIpc) is 2.80. The molecule has 5 nitrogen and oxygen atoms in total. The lowest BCUT2D eigenvalue weighted by Gasteiger charge is -2.20. The third kappa shape index (κ3) is 2.50. The summed E-state index contributed by atoms with van der Waals surface area (Å²) in [6.45, 7) is 6.89. The minimum atomic E-state index is -0.325. The van der Waals surface area contributed by atoms with E-state index in [1.165, 1.54) is 0 Å². The van der Waals surface area contributed by atoms with Crippen molar-refractivity contribution in [1.29, 1.82) is 0 Å². The molecule has 2 aromatic heterocycles. The highest BCUT2D eigenvalue weighted by molar-refractivity contribution is 5.47. The maximum absolute atomic E-state index is 5.27. The van der Waals surface area contributed by atoms with Gasteiger partial charge in [0.1, 0.15) is 5.69 Å². The lowest BCUT2D eigenvalue weighted by atomic mass is 10.1.